The maximum absolute atomic E-state index is 13.4. The second-order valence-corrected chi connectivity index (χ2v) is 8.14. The highest BCUT2D eigenvalue weighted by Gasteiger charge is 2.31. The third-order valence-electron chi connectivity index (χ3n) is 5.58. The van der Waals surface area contributed by atoms with Crippen molar-refractivity contribution in [2.45, 2.75) is 38.1 Å². The van der Waals surface area contributed by atoms with Crippen molar-refractivity contribution in [2.24, 2.45) is 0 Å². The van der Waals surface area contributed by atoms with Gasteiger partial charge in [0, 0.05) is 23.8 Å². The van der Waals surface area contributed by atoms with Gasteiger partial charge in [-0.2, -0.15) is 0 Å². The third-order valence-corrected chi connectivity index (χ3v) is 6.58. The summed E-state index contributed by atoms with van der Waals surface area (Å²) >= 11 is 1.83. The van der Waals surface area contributed by atoms with Crippen molar-refractivity contribution in [3.8, 4) is 0 Å². The van der Waals surface area contributed by atoms with Crippen LogP contribution in [0.2, 0.25) is 0 Å². The van der Waals surface area contributed by atoms with E-state index in [2.05, 4.69) is 71.8 Å². The molecular weight excluding hydrogens is 350 g/mol. The summed E-state index contributed by atoms with van der Waals surface area (Å²) in [5.74, 6) is 0.359. The van der Waals surface area contributed by atoms with Crippen LogP contribution in [0.15, 0.2) is 72.1 Å². The number of carbonyl (C=O) groups is 1. The van der Waals surface area contributed by atoms with Gasteiger partial charge in [-0.25, -0.2) is 0 Å². The van der Waals surface area contributed by atoms with Crippen molar-refractivity contribution in [3.05, 3.63) is 93.7 Å². The Morgan fingerprint density at radius 1 is 1.04 bits per heavy atom. The molecule has 27 heavy (non-hydrogen) atoms. The Balaban J connectivity index is 1.61. The van der Waals surface area contributed by atoms with Crippen molar-refractivity contribution in [1.82, 2.24) is 4.90 Å². The average molecular weight is 376 g/mol. The summed E-state index contributed by atoms with van der Waals surface area (Å²) in [5, 5.41) is 2.16. The molecule has 4 rings (SSSR count). The summed E-state index contributed by atoms with van der Waals surface area (Å²) in [6, 6.07) is 23.3. The Hall–Kier alpha value is -2.39. The summed E-state index contributed by atoms with van der Waals surface area (Å²) in [5.41, 5.74) is 3.77. The maximum Gasteiger partial charge on any atom is 0.224 e. The fraction of sp³-hybridized carbons (Fsp3) is 0.292. The van der Waals surface area contributed by atoms with E-state index in [9.17, 15) is 4.79 Å². The van der Waals surface area contributed by atoms with Gasteiger partial charge in [0.1, 0.15) is 0 Å². The maximum atomic E-state index is 13.4. The Morgan fingerprint density at radius 3 is 2.26 bits per heavy atom. The Morgan fingerprint density at radius 2 is 1.67 bits per heavy atom. The predicted molar refractivity (Wildman–Crippen MR) is 112 cm³/mol. The smallest absolute Gasteiger partial charge is 0.224 e. The molecule has 1 aromatic heterocycles. The first-order valence-electron chi connectivity index (χ1n) is 9.73. The van der Waals surface area contributed by atoms with Crippen molar-refractivity contribution >= 4 is 17.2 Å². The second-order valence-electron chi connectivity index (χ2n) is 7.14. The number of hydrogen-bond donors (Lipinski definition) is 0. The van der Waals surface area contributed by atoms with Crippen LogP contribution < -0.4 is 0 Å². The zero-order valence-electron chi connectivity index (χ0n) is 15.7. The van der Waals surface area contributed by atoms with Crippen LogP contribution in [0.25, 0.3) is 0 Å². The number of fused-ring (bicyclic) bond motifs is 1. The number of nitrogens with zero attached hydrogens (tertiary/aromatic N) is 1. The minimum Gasteiger partial charge on any atom is -0.335 e. The van der Waals surface area contributed by atoms with Crippen LogP contribution in [-0.4, -0.2) is 17.4 Å². The highest BCUT2D eigenvalue weighted by molar-refractivity contribution is 7.10. The molecule has 0 radical (unpaired) electrons. The molecule has 1 aliphatic rings. The minimum atomic E-state index is 0.0984. The summed E-state index contributed by atoms with van der Waals surface area (Å²) in [4.78, 5) is 17.0. The normalized spacial score (nSPS) is 16.4. The number of rotatable bonds is 5. The monoisotopic (exact) mass is 375 g/mol. The van der Waals surface area contributed by atoms with Crippen LogP contribution in [0.3, 0.4) is 0 Å². The number of thiophene rings is 1. The predicted octanol–water partition coefficient (Wildman–Crippen LogP) is 5.81. The van der Waals surface area contributed by atoms with Gasteiger partial charge in [0.15, 0.2) is 0 Å². The number of amides is 1. The van der Waals surface area contributed by atoms with Crippen molar-refractivity contribution in [2.75, 3.05) is 6.54 Å². The second kappa shape index (κ2) is 8.10. The molecule has 0 bridgehead atoms. The molecule has 1 atom stereocenters. The fourth-order valence-electron chi connectivity index (χ4n) is 4.23. The van der Waals surface area contributed by atoms with Crippen LogP contribution in [-0.2, 0) is 11.2 Å². The third kappa shape index (κ3) is 3.70. The van der Waals surface area contributed by atoms with Crippen molar-refractivity contribution < 1.29 is 4.79 Å². The van der Waals surface area contributed by atoms with E-state index in [1.165, 1.54) is 21.6 Å². The molecule has 138 valence electrons. The standard InChI is InChI=1S/C24H25NOS/c1-2-22-20-14-16-27-23(20)13-15-25(22)24(26)17-21(18-9-5-3-6-10-18)19-11-7-4-8-12-19/h3-12,14,16,21-22H,2,13,15,17H2,1H3/t22-/m0/s1. The van der Waals surface area contributed by atoms with Gasteiger partial charge in [-0.1, -0.05) is 67.6 Å². The van der Waals surface area contributed by atoms with Gasteiger partial charge in [0.25, 0.3) is 0 Å². The Labute approximate surface area is 165 Å². The van der Waals surface area contributed by atoms with Crippen molar-refractivity contribution in [1.29, 1.82) is 0 Å². The molecule has 0 fully saturated rings. The van der Waals surface area contributed by atoms with Crippen LogP contribution in [0.4, 0.5) is 0 Å². The SMILES string of the molecule is CC[C@H]1c2ccsc2CCN1C(=O)CC(c1ccccc1)c1ccccc1. The molecule has 2 nitrogen and oxygen atoms in total. The van der Waals surface area contributed by atoms with E-state index < -0.39 is 0 Å². The first kappa shape index (κ1) is 18.0. The summed E-state index contributed by atoms with van der Waals surface area (Å²) < 4.78 is 0. The van der Waals surface area contributed by atoms with Gasteiger partial charge in [0.05, 0.1) is 6.04 Å². The van der Waals surface area contributed by atoms with E-state index in [0.717, 1.165) is 19.4 Å². The zero-order chi connectivity index (χ0) is 18.6. The molecule has 2 aromatic carbocycles. The molecule has 0 unspecified atom stereocenters. The first-order chi connectivity index (χ1) is 13.3. The van der Waals surface area contributed by atoms with Gasteiger partial charge in [-0.3, -0.25) is 4.79 Å². The molecular formula is C24H25NOS. The molecule has 0 aliphatic carbocycles. The minimum absolute atomic E-state index is 0.0984. The number of benzene rings is 2. The van der Waals surface area contributed by atoms with Gasteiger partial charge in [-0.15, -0.1) is 11.3 Å². The molecule has 3 aromatic rings. The van der Waals surface area contributed by atoms with E-state index in [4.69, 9.17) is 0 Å². The number of hydrogen-bond acceptors (Lipinski definition) is 2. The molecule has 1 aliphatic heterocycles. The van der Waals surface area contributed by atoms with E-state index in [0.29, 0.717) is 6.42 Å². The van der Waals surface area contributed by atoms with E-state index >= 15 is 0 Å². The lowest BCUT2D eigenvalue weighted by Gasteiger charge is -2.36. The number of carbonyl (C=O) groups excluding carboxylic acids is 1. The lowest BCUT2D eigenvalue weighted by Crippen LogP contribution is -2.39. The molecule has 3 heteroatoms. The lowest BCUT2D eigenvalue weighted by molar-refractivity contribution is -0.134. The molecule has 2 heterocycles. The summed E-state index contributed by atoms with van der Waals surface area (Å²) in [7, 11) is 0. The van der Waals surface area contributed by atoms with Crippen molar-refractivity contribution in [3.63, 3.8) is 0 Å². The van der Waals surface area contributed by atoms with Gasteiger partial charge in [0.2, 0.25) is 5.91 Å². The quantitative estimate of drug-likeness (QED) is 0.551. The van der Waals surface area contributed by atoms with Crippen LogP contribution >= 0.6 is 11.3 Å². The molecule has 0 spiro atoms. The Kier molecular flexibility index (Phi) is 5.40. The van der Waals surface area contributed by atoms with Gasteiger partial charge in [-0.05, 0) is 41.0 Å². The lowest BCUT2D eigenvalue weighted by atomic mass is 9.87. The Bertz CT molecular complexity index is 848. The molecule has 0 saturated carbocycles. The summed E-state index contributed by atoms with van der Waals surface area (Å²) in [6.07, 6.45) is 2.47. The van der Waals surface area contributed by atoms with Gasteiger partial charge < -0.3 is 4.90 Å². The van der Waals surface area contributed by atoms with E-state index in [1.807, 2.05) is 23.5 Å². The summed E-state index contributed by atoms with van der Waals surface area (Å²) in [6.45, 7) is 3.02. The van der Waals surface area contributed by atoms with Crippen LogP contribution in [0.5, 0.6) is 0 Å². The molecule has 0 saturated heterocycles. The fourth-order valence-corrected chi connectivity index (χ4v) is 5.15. The highest BCUT2D eigenvalue weighted by Crippen LogP contribution is 2.37. The zero-order valence-corrected chi connectivity index (χ0v) is 16.5. The topological polar surface area (TPSA) is 20.3 Å². The van der Waals surface area contributed by atoms with E-state index in [-0.39, 0.29) is 17.9 Å². The largest absolute Gasteiger partial charge is 0.335 e. The average Bonchev–Trinajstić information content (AvgIpc) is 3.21. The van der Waals surface area contributed by atoms with Crippen LogP contribution in [0, 0.1) is 0 Å². The molecule has 1 amide bonds. The highest BCUT2D eigenvalue weighted by atomic mass is 32.1. The molecule has 0 N–H and O–H groups in total. The first-order valence-corrected chi connectivity index (χ1v) is 10.6. The van der Waals surface area contributed by atoms with E-state index in [1.54, 1.807) is 0 Å². The van der Waals surface area contributed by atoms with Gasteiger partial charge >= 0.3 is 0 Å². The van der Waals surface area contributed by atoms with Crippen LogP contribution in [0.1, 0.15) is 53.3 Å².